The van der Waals surface area contributed by atoms with Gasteiger partial charge in [0.1, 0.15) is 0 Å². The van der Waals surface area contributed by atoms with Crippen LogP contribution in [0.5, 0.6) is 0 Å². The van der Waals surface area contributed by atoms with Crippen molar-refractivity contribution in [1.82, 2.24) is 4.90 Å². The fraction of sp³-hybridized carbons (Fsp3) is 0.300. The molecule has 1 nitrogen and oxygen atoms in total. The molecular weight excluding hydrogens is 337 g/mol. The number of fused-ring (bicyclic) bond motifs is 1. The van der Waals surface area contributed by atoms with Crippen LogP contribution in [0.4, 0.5) is 0 Å². The van der Waals surface area contributed by atoms with Gasteiger partial charge < -0.3 is 0 Å². The van der Waals surface area contributed by atoms with E-state index in [9.17, 15) is 0 Å². The Bertz CT molecular complexity index is 446. The van der Waals surface area contributed by atoms with Crippen molar-refractivity contribution in [1.29, 1.82) is 0 Å². The van der Waals surface area contributed by atoms with Gasteiger partial charge in [-0.15, -0.1) is 0 Å². The normalized spacial score (nSPS) is 22.1. The average molecular weight is 347 g/mol. The van der Waals surface area contributed by atoms with Crippen LogP contribution in [0.15, 0.2) is 28.0 Å². The Labute approximate surface area is 115 Å². The third-order valence-corrected chi connectivity index (χ3v) is 19.0. The molecule has 6 heteroatoms. The average Bonchev–Trinajstić information content (AvgIpc) is 3.00. The van der Waals surface area contributed by atoms with Crippen LogP contribution < -0.4 is 0 Å². The molecule has 1 fully saturated rings. The molecule has 84 valence electrons. The van der Waals surface area contributed by atoms with Crippen LogP contribution in [0.3, 0.4) is 0 Å². The molecule has 0 N–H and O–H groups in total. The van der Waals surface area contributed by atoms with E-state index in [4.69, 9.17) is 12.2 Å². The van der Waals surface area contributed by atoms with Gasteiger partial charge in [0.05, 0.1) is 0 Å². The first-order valence-electron chi connectivity index (χ1n) is 4.96. The first kappa shape index (κ1) is 11.8. The second-order valence-corrected chi connectivity index (χ2v) is 19.8. The quantitative estimate of drug-likeness (QED) is 0.433. The molecule has 1 unspecified atom stereocenters. The van der Waals surface area contributed by atoms with Crippen molar-refractivity contribution in [2.24, 2.45) is 0 Å². The van der Waals surface area contributed by atoms with E-state index in [1.54, 1.807) is 0 Å². The molecule has 2 aliphatic rings. The van der Waals surface area contributed by atoms with Gasteiger partial charge in [0.15, 0.2) is 0 Å². The van der Waals surface area contributed by atoms with Gasteiger partial charge in [-0.3, -0.25) is 0 Å². The number of rotatable bonds is 1. The number of aryl methyl sites for hydroxylation is 1. The molecule has 2 heterocycles. The molecule has 0 aromatic heterocycles. The molecule has 3 rings (SSSR count). The standard InChI is InChI=1S/C10H10AsNS4/c1-7-2-3-8-9(6-7)15-11(14-8)16-10(13)12-4-5-12/h2-3,6H,4-5H2,1H3. The van der Waals surface area contributed by atoms with E-state index in [1.165, 1.54) is 28.4 Å². The maximum absolute atomic E-state index is 5.41. The molecule has 1 aromatic carbocycles. The molecule has 0 amide bonds. The second kappa shape index (κ2) is 4.77. The van der Waals surface area contributed by atoms with Gasteiger partial charge in [-0.1, -0.05) is 0 Å². The molecule has 16 heavy (non-hydrogen) atoms. The molecule has 0 spiro atoms. The third kappa shape index (κ3) is 2.59. The molecule has 1 atom stereocenters. The van der Waals surface area contributed by atoms with Crippen molar-refractivity contribution in [3.63, 3.8) is 0 Å². The second-order valence-electron chi connectivity index (χ2n) is 3.70. The number of hydrogen-bond donors (Lipinski definition) is 0. The molecule has 1 saturated heterocycles. The van der Waals surface area contributed by atoms with Crippen LogP contribution in [-0.2, 0) is 0 Å². The van der Waals surface area contributed by atoms with E-state index in [2.05, 4.69) is 50.1 Å². The molecule has 0 radical (unpaired) electrons. The predicted molar refractivity (Wildman–Crippen MR) is 80.4 cm³/mol. The zero-order valence-electron chi connectivity index (χ0n) is 8.67. The molecule has 0 bridgehead atoms. The van der Waals surface area contributed by atoms with Crippen LogP contribution in [0.2, 0.25) is 0 Å². The fourth-order valence-electron chi connectivity index (χ4n) is 1.33. The first-order chi connectivity index (χ1) is 7.72. The van der Waals surface area contributed by atoms with Crippen LogP contribution in [0.25, 0.3) is 0 Å². The molecule has 0 aliphatic carbocycles. The van der Waals surface area contributed by atoms with E-state index in [0.29, 0.717) is 0 Å². The van der Waals surface area contributed by atoms with Gasteiger partial charge in [-0.05, 0) is 0 Å². The van der Waals surface area contributed by atoms with E-state index in [-0.39, 0.29) is 0 Å². The predicted octanol–water partition coefficient (Wildman–Crippen LogP) is 3.51. The van der Waals surface area contributed by atoms with Gasteiger partial charge in [0.2, 0.25) is 0 Å². The van der Waals surface area contributed by atoms with Gasteiger partial charge >= 0.3 is 116 Å². The first-order valence-corrected chi connectivity index (χ1v) is 14.6. The van der Waals surface area contributed by atoms with Crippen molar-refractivity contribution in [2.45, 2.75) is 16.7 Å². The van der Waals surface area contributed by atoms with E-state index >= 15 is 0 Å². The van der Waals surface area contributed by atoms with Crippen molar-refractivity contribution >= 4 is 57.8 Å². The zero-order chi connectivity index (χ0) is 11.1. The number of hydrogen-bond acceptors (Lipinski definition) is 4. The van der Waals surface area contributed by atoms with Gasteiger partial charge in [0, 0.05) is 0 Å². The summed E-state index contributed by atoms with van der Waals surface area (Å²) in [6.45, 7) is 4.51. The maximum atomic E-state index is 5.41. The third-order valence-electron chi connectivity index (χ3n) is 2.30. The van der Waals surface area contributed by atoms with Gasteiger partial charge in [-0.25, -0.2) is 0 Å². The van der Waals surface area contributed by atoms with E-state index < -0.39 is 11.2 Å². The molecule has 1 aromatic rings. The Morgan fingerprint density at radius 2 is 2.12 bits per heavy atom. The molecular formula is C10H10AsNS4. The van der Waals surface area contributed by atoms with Crippen molar-refractivity contribution in [3.8, 4) is 0 Å². The minimum atomic E-state index is -0.966. The summed E-state index contributed by atoms with van der Waals surface area (Å²) in [4.78, 5) is 5.23. The Kier molecular flexibility index (Phi) is 3.51. The summed E-state index contributed by atoms with van der Waals surface area (Å²) in [5, 5.41) is 0. The van der Waals surface area contributed by atoms with Crippen molar-refractivity contribution in [3.05, 3.63) is 23.8 Å². The summed E-state index contributed by atoms with van der Waals surface area (Å²) in [5.74, 6) is 0. The van der Waals surface area contributed by atoms with Crippen LogP contribution >= 0.6 is 42.3 Å². The van der Waals surface area contributed by atoms with Crippen molar-refractivity contribution in [2.75, 3.05) is 13.1 Å². The summed E-state index contributed by atoms with van der Waals surface area (Å²) in [5.41, 5.74) is 1.36. The SMILES string of the molecule is Cc1ccc2c(c1)S[As](SC(=S)N1CC1)S2. The molecule has 2 aliphatic heterocycles. The minimum absolute atomic E-state index is 0.966. The number of thiocarbonyl (C=S) groups is 1. The Balaban J connectivity index is 1.68. The van der Waals surface area contributed by atoms with E-state index in [0.717, 1.165) is 4.32 Å². The zero-order valence-corrected chi connectivity index (χ0v) is 13.8. The van der Waals surface area contributed by atoms with Crippen LogP contribution in [0, 0.1) is 6.92 Å². The summed E-state index contributed by atoms with van der Waals surface area (Å²) in [7, 11) is 6.13. The Morgan fingerprint density at radius 1 is 1.38 bits per heavy atom. The van der Waals surface area contributed by atoms with Gasteiger partial charge in [0.25, 0.3) is 0 Å². The Morgan fingerprint density at radius 3 is 2.88 bits per heavy atom. The summed E-state index contributed by atoms with van der Waals surface area (Å²) < 4.78 is 1.13. The summed E-state index contributed by atoms with van der Waals surface area (Å²) >= 11 is 4.45. The van der Waals surface area contributed by atoms with Crippen LogP contribution in [-0.4, -0.2) is 33.5 Å². The number of nitrogens with zero attached hydrogens (tertiary/aromatic N) is 1. The van der Waals surface area contributed by atoms with Gasteiger partial charge in [-0.2, -0.15) is 0 Å². The molecule has 0 saturated carbocycles. The van der Waals surface area contributed by atoms with Crippen molar-refractivity contribution < 1.29 is 0 Å². The van der Waals surface area contributed by atoms with E-state index in [1.807, 2.05) is 10.0 Å². The summed E-state index contributed by atoms with van der Waals surface area (Å²) in [6.07, 6.45) is 0. The Hall–Kier alpha value is 0.718. The fourth-order valence-corrected chi connectivity index (χ4v) is 21.9. The van der Waals surface area contributed by atoms with Crippen LogP contribution in [0.1, 0.15) is 5.56 Å². The summed E-state index contributed by atoms with van der Waals surface area (Å²) in [6, 6.07) is 6.78. The number of benzene rings is 1. The monoisotopic (exact) mass is 347 g/mol. The topological polar surface area (TPSA) is 3.01 Å².